The van der Waals surface area contributed by atoms with Gasteiger partial charge < -0.3 is 15.4 Å². The summed E-state index contributed by atoms with van der Waals surface area (Å²) in [6.07, 6.45) is 1.16. The summed E-state index contributed by atoms with van der Waals surface area (Å²) < 4.78 is 4.67. The van der Waals surface area contributed by atoms with Gasteiger partial charge in [-0.05, 0) is 24.3 Å². The zero-order chi connectivity index (χ0) is 19.8. The summed E-state index contributed by atoms with van der Waals surface area (Å²) in [6.45, 7) is 0. The minimum absolute atomic E-state index is 0.120. The third-order valence-electron chi connectivity index (χ3n) is 3.41. The third kappa shape index (κ3) is 4.90. The highest BCUT2D eigenvalue weighted by atomic mass is 16.6. The van der Waals surface area contributed by atoms with Gasteiger partial charge in [-0.3, -0.25) is 14.9 Å². The number of anilines is 2. The molecule has 27 heavy (non-hydrogen) atoms. The fraction of sp³-hybridized carbons (Fsp3) is 0.0556. The SMILES string of the molecule is COC(=O)c1ccccc1N/C=C(/C#N)C(=O)Nc1ccc([N+](=O)[O-])cc1. The Balaban J connectivity index is 2.14. The number of ether oxygens (including phenoxy) is 1. The molecular weight excluding hydrogens is 352 g/mol. The molecule has 136 valence electrons. The van der Waals surface area contributed by atoms with Crippen LogP contribution in [-0.2, 0) is 9.53 Å². The van der Waals surface area contributed by atoms with E-state index in [-0.39, 0.29) is 16.8 Å². The van der Waals surface area contributed by atoms with E-state index in [0.29, 0.717) is 11.4 Å². The molecule has 2 rings (SSSR count). The van der Waals surface area contributed by atoms with Crippen molar-refractivity contribution in [2.75, 3.05) is 17.7 Å². The first-order valence-corrected chi connectivity index (χ1v) is 7.56. The Kier molecular flexibility index (Phi) is 6.22. The van der Waals surface area contributed by atoms with Crippen LogP contribution >= 0.6 is 0 Å². The summed E-state index contributed by atoms with van der Waals surface area (Å²) in [6, 6.07) is 13.4. The van der Waals surface area contributed by atoms with Gasteiger partial charge in [-0.1, -0.05) is 12.1 Å². The van der Waals surface area contributed by atoms with Gasteiger partial charge in [0, 0.05) is 24.0 Å². The van der Waals surface area contributed by atoms with Crippen molar-refractivity contribution >= 4 is 28.9 Å². The van der Waals surface area contributed by atoms with E-state index in [4.69, 9.17) is 0 Å². The molecule has 2 aromatic carbocycles. The van der Waals surface area contributed by atoms with Gasteiger partial charge in [0.15, 0.2) is 0 Å². The van der Waals surface area contributed by atoms with Gasteiger partial charge in [0.2, 0.25) is 0 Å². The topological polar surface area (TPSA) is 134 Å². The lowest BCUT2D eigenvalue weighted by Crippen LogP contribution is -2.15. The Hall–Kier alpha value is -4.19. The summed E-state index contributed by atoms with van der Waals surface area (Å²) in [5, 5.41) is 25.0. The molecule has 0 saturated heterocycles. The lowest BCUT2D eigenvalue weighted by Gasteiger charge is -2.08. The summed E-state index contributed by atoms with van der Waals surface area (Å²) in [7, 11) is 1.24. The van der Waals surface area contributed by atoms with E-state index in [1.807, 2.05) is 0 Å². The van der Waals surface area contributed by atoms with Crippen molar-refractivity contribution in [1.82, 2.24) is 0 Å². The van der Waals surface area contributed by atoms with Gasteiger partial charge in [0.25, 0.3) is 11.6 Å². The molecular formula is C18H14N4O5. The van der Waals surface area contributed by atoms with Gasteiger partial charge in [-0.15, -0.1) is 0 Å². The molecule has 2 aromatic rings. The van der Waals surface area contributed by atoms with E-state index in [1.165, 1.54) is 37.4 Å². The second kappa shape index (κ2) is 8.77. The molecule has 0 aromatic heterocycles. The van der Waals surface area contributed by atoms with Gasteiger partial charge >= 0.3 is 5.97 Å². The molecule has 0 aliphatic heterocycles. The normalized spacial score (nSPS) is 10.4. The van der Waals surface area contributed by atoms with Crippen LogP contribution in [0.4, 0.5) is 17.1 Å². The van der Waals surface area contributed by atoms with Crippen LogP contribution in [0.1, 0.15) is 10.4 Å². The van der Waals surface area contributed by atoms with E-state index in [1.54, 1.807) is 24.3 Å². The molecule has 0 radical (unpaired) electrons. The van der Waals surface area contributed by atoms with Crippen LogP contribution in [-0.4, -0.2) is 23.9 Å². The van der Waals surface area contributed by atoms with Gasteiger partial charge in [0.05, 0.1) is 23.3 Å². The quantitative estimate of drug-likeness (QED) is 0.264. The number of nitro benzene ring substituents is 1. The molecule has 0 atom stereocenters. The molecule has 0 aliphatic rings. The molecule has 0 bridgehead atoms. The fourth-order valence-electron chi connectivity index (χ4n) is 2.06. The number of carbonyl (C=O) groups is 2. The van der Waals surface area contributed by atoms with Gasteiger partial charge in [0.1, 0.15) is 11.6 Å². The minimum Gasteiger partial charge on any atom is -0.465 e. The molecule has 9 heteroatoms. The highest BCUT2D eigenvalue weighted by Gasteiger charge is 2.13. The molecule has 0 unspecified atom stereocenters. The molecule has 0 fully saturated rings. The number of benzene rings is 2. The van der Waals surface area contributed by atoms with Crippen molar-refractivity contribution in [1.29, 1.82) is 5.26 Å². The Morgan fingerprint density at radius 3 is 2.44 bits per heavy atom. The van der Waals surface area contributed by atoms with E-state index in [9.17, 15) is 25.0 Å². The average molecular weight is 366 g/mol. The highest BCUT2D eigenvalue weighted by molar-refractivity contribution is 6.07. The standard InChI is InChI=1S/C18H14N4O5/c1-27-18(24)15-4-2-3-5-16(15)20-11-12(10-19)17(23)21-13-6-8-14(9-7-13)22(25)26/h2-9,11,20H,1H3,(H,21,23)/b12-11-. The zero-order valence-electron chi connectivity index (χ0n) is 14.1. The van der Waals surface area contributed by atoms with E-state index in [0.717, 1.165) is 6.20 Å². The highest BCUT2D eigenvalue weighted by Crippen LogP contribution is 2.18. The third-order valence-corrected chi connectivity index (χ3v) is 3.41. The summed E-state index contributed by atoms with van der Waals surface area (Å²) >= 11 is 0. The predicted octanol–water partition coefficient (Wildman–Crippen LogP) is 2.84. The number of carbonyl (C=O) groups excluding carboxylic acids is 2. The van der Waals surface area contributed by atoms with Gasteiger partial charge in [-0.2, -0.15) is 5.26 Å². The first kappa shape index (κ1) is 19.1. The fourth-order valence-corrected chi connectivity index (χ4v) is 2.06. The smallest absolute Gasteiger partial charge is 0.339 e. The van der Waals surface area contributed by atoms with Gasteiger partial charge in [-0.25, -0.2) is 4.79 Å². The first-order chi connectivity index (χ1) is 13.0. The molecule has 9 nitrogen and oxygen atoms in total. The van der Waals surface area contributed by atoms with Crippen molar-refractivity contribution in [2.45, 2.75) is 0 Å². The zero-order valence-corrected chi connectivity index (χ0v) is 14.1. The maximum atomic E-state index is 12.2. The van der Waals surface area contributed by atoms with Crippen LogP contribution in [0.15, 0.2) is 60.3 Å². The Labute approximate surface area is 154 Å². The molecule has 0 aliphatic carbocycles. The maximum Gasteiger partial charge on any atom is 0.339 e. The molecule has 0 heterocycles. The summed E-state index contributed by atoms with van der Waals surface area (Å²) in [5.74, 6) is -1.28. The average Bonchev–Trinajstić information content (AvgIpc) is 2.68. The molecule has 1 amide bonds. The Morgan fingerprint density at radius 2 is 1.85 bits per heavy atom. The van der Waals surface area contributed by atoms with Crippen molar-refractivity contribution in [2.24, 2.45) is 0 Å². The number of para-hydroxylation sites is 1. The summed E-state index contributed by atoms with van der Waals surface area (Å²) in [4.78, 5) is 34.0. The second-order valence-corrected chi connectivity index (χ2v) is 5.11. The number of hydrogen-bond donors (Lipinski definition) is 2. The van der Waals surface area contributed by atoms with Crippen molar-refractivity contribution in [3.63, 3.8) is 0 Å². The molecule has 0 spiro atoms. The van der Waals surface area contributed by atoms with Crippen LogP contribution in [0.25, 0.3) is 0 Å². The Bertz CT molecular complexity index is 945. The van der Waals surface area contributed by atoms with Crippen LogP contribution in [0.3, 0.4) is 0 Å². The monoisotopic (exact) mass is 366 g/mol. The largest absolute Gasteiger partial charge is 0.465 e. The van der Waals surface area contributed by atoms with E-state index >= 15 is 0 Å². The number of rotatable bonds is 6. The van der Waals surface area contributed by atoms with Crippen LogP contribution in [0.5, 0.6) is 0 Å². The van der Waals surface area contributed by atoms with Crippen molar-refractivity contribution in [3.8, 4) is 6.07 Å². The number of nitrogens with one attached hydrogen (secondary N) is 2. The number of non-ortho nitro benzene ring substituents is 1. The van der Waals surface area contributed by atoms with E-state index in [2.05, 4.69) is 15.4 Å². The number of methoxy groups -OCH3 is 1. The summed E-state index contributed by atoms with van der Waals surface area (Å²) in [5.41, 5.74) is 0.518. The van der Waals surface area contributed by atoms with Crippen molar-refractivity contribution in [3.05, 3.63) is 76.0 Å². The van der Waals surface area contributed by atoms with Crippen molar-refractivity contribution < 1.29 is 19.2 Å². The number of nitriles is 1. The second-order valence-electron chi connectivity index (χ2n) is 5.11. The van der Waals surface area contributed by atoms with E-state index < -0.39 is 16.8 Å². The number of amides is 1. The number of nitro groups is 1. The van der Waals surface area contributed by atoms with Crippen LogP contribution in [0.2, 0.25) is 0 Å². The predicted molar refractivity (Wildman–Crippen MR) is 96.8 cm³/mol. The molecule has 0 saturated carbocycles. The first-order valence-electron chi connectivity index (χ1n) is 7.56. The van der Waals surface area contributed by atoms with Crippen LogP contribution < -0.4 is 10.6 Å². The minimum atomic E-state index is -0.714. The lowest BCUT2D eigenvalue weighted by atomic mass is 10.2. The number of nitrogens with zero attached hydrogens (tertiary/aromatic N) is 2. The molecule has 2 N–H and O–H groups in total. The van der Waals surface area contributed by atoms with Crippen LogP contribution in [0, 0.1) is 21.4 Å². The lowest BCUT2D eigenvalue weighted by molar-refractivity contribution is -0.384. The number of esters is 1. The maximum absolute atomic E-state index is 12.2. The number of hydrogen-bond acceptors (Lipinski definition) is 7. The Morgan fingerprint density at radius 1 is 1.19 bits per heavy atom.